The van der Waals surface area contributed by atoms with Gasteiger partial charge in [-0.05, 0) is 66.6 Å². The Kier molecular flexibility index (Phi) is 8.09. The van der Waals surface area contributed by atoms with Gasteiger partial charge >= 0.3 is 0 Å². The van der Waals surface area contributed by atoms with Crippen LogP contribution in [0.5, 0.6) is 17.2 Å². The molecule has 0 radical (unpaired) electrons. The van der Waals surface area contributed by atoms with Crippen LogP contribution in [0.4, 0.5) is 5.13 Å². The Morgan fingerprint density at radius 3 is 2.65 bits per heavy atom. The highest BCUT2D eigenvalue weighted by molar-refractivity contribution is 7.22. The molecule has 10 heteroatoms. The summed E-state index contributed by atoms with van der Waals surface area (Å²) in [5, 5.41) is 13.2. The number of carbonyl (C=O) groups excluding carboxylic acids is 2. The second-order valence-corrected chi connectivity index (χ2v) is 11.6. The lowest BCUT2D eigenvalue weighted by Crippen LogP contribution is -2.31. The van der Waals surface area contributed by atoms with Gasteiger partial charge in [0.25, 0.3) is 5.91 Å². The van der Waals surface area contributed by atoms with Crippen LogP contribution in [-0.4, -0.2) is 42.1 Å². The zero-order chi connectivity index (χ0) is 28.4. The molecule has 0 saturated carbocycles. The van der Waals surface area contributed by atoms with E-state index in [0.29, 0.717) is 57.5 Å². The van der Waals surface area contributed by atoms with E-state index in [1.807, 2.05) is 25.1 Å². The fourth-order valence-corrected chi connectivity index (χ4v) is 6.22. The Morgan fingerprint density at radius 2 is 1.95 bits per heavy atom. The molecule has 1 atom stereocenters. The molecule has 1 aliphatic heterocycles. The zero-order valence-electron chi connectivity index (χ0n) is 22.7. The number of methoxy groups -OCH3 is 1. The topological polar surface area (TPSA) is 98.2 Å². The van der Waals surface area contributed by atoms with E-state index in [-0.39, 0.29) is 5.57 Å². The van der Waals surface area contributed by atoms with Gasteiger partial charge in [-0.25, -0.2) is 4.98 Å². The predicted octanol–water partition coefficient (Wildman–Crippen LogP) is 6.97. The van der Waals surface area contributed by atoms with E-state index in [1.165, 1.54) is 27.6 Å². The Labute approximate surface area is 240 Å². The SMILES string of the molecule is CCOc1ccc2nc(N3C(=O)C(O)=C(C(=O)c4cccs4)C3c3ccc(OCCC(C)C)c(OC)c3)sc2c1. The summed E-state index contributed by atoms with van der Waals surface area (Å²) in [6, 6.07) is 13.3. The Bertz CT molecular complexity index is 1570. The molecule has 1 N–H and O–H groups in total. The third kappa shape index (κ3) is 5.29. The number of ketones is 1. The van der Waals surface area contributed by atoms with Crippen molar-refractivity contribution < 1.29 is 28.9 Å². The normalized spacial score (nSPS) is 15.4. The van der Waals surface area contributed by atoms with E-state index in [9.17, 15) is 14.7 Å². The van der Waals surface area contributed by atoms with Crippen molar-refractivity contribution in [1.29, 1.82) is 0 Å². The number of aliphatic hydroxyl groups excluding tert-OH is 1. The molecule has 4 aromatic rings. The summed E-state index contributed by atoms with van der Waals surface area (Å²) in [4.78, 5) is 33.8. The number of benzene rings is 2. The van der Waals surface area contributed by atoms with Crippen LogP contribution in [0.15, 0.2) is 65.2 Å². The van der Waals surface area contributed by atoms with Crippen LogP contribution in [0, 0.1) is 5.92 Å². The number of carbonyl (C=O) groups is 2. The minimum Gasteiger partial charge on any atom is -0.503 e. The summed E-state index contributed by atoms with van der Waals surface area (Å²) >= 11 is 2.54. The molecule has 40 heavy (non-hydrogen) atoms. The summed E-state index contributed by atoms with van der Waals surface area (Å²) in [6.45, 7) is 7.21. The lowest BCUT2D eigenvalue weighted by Gasteiger charge is -2.25. The number of Topliss-reactive ketones (excluding diaryl/α,β-unsaturated/α-hetero) is 1. The number of hydrogen-bond acceptors (Lipinski definition) is 9. The smallest absolute Gasteiger partial charge is 0.296 e. The number of fused-ring (bicyclic) bond motifs is 1. The summed E-state index contributed by atoms with van der Waals surface area (Å²) in [5.41, 5.74) is 1.26. The molecule has 3 heterocycles. The van der Waals surface area contributed by atoms with E-state index >= 15 is 0 Å². The van der Waals surface area contributed by atoms with Gasteiger partial charge in [0.1, 0.15) is 5.75 Å². The summed E-state index contributed by atoms with van der Waals surface area (Å²) in [7, 11) is 1.54. The van der Waals surface area contributed by atoms with Gasteiger partial charge in [0.05, 0.1) is 47.0 Å². The molecular weight excluding hydrogens is 548 g/mol. The van der Waals surface area contributed by atoms with Crippen molar-refractivity contribution in [3.05, 3.63) is 75.7 Å². The fraction of sp³-hybridized carbons (Fsp3) is 0.300. The first-order valence-corrected chi connectivity index (χ1v) is 14.7. The van der Waals surface area contributed by atoms with Gasteiger partial charge in [-0.15, -0.1) is 11.3 Å². The van der Waals surface area contributed by atoms with Crippen molar-refractivity contribution in [3.8, 4) is 17.2 Å². The van der Waals surface area contributed by atoms with E-state index in [1.54, 1.807) is 42.8 Å². The summed E-state index contributed by atoms with van der Waals surface area (Å²) in [6.07, 6.45) is 0.883. The minimum atomic E-state index is -0.923. The highest BCUT2D eigenvalue weighted by atomic mass is 32.1. The number of amides is 1. The number of ether oxygens (including phenoxy) is 3. The van der Waals surface area contributed by atoms with E-state index in [2.05, 4.69) is 13.8 Å². The molecular formula is C30H30N2O6S2. The number of aliphatic hydroxyl groups is 1. The molecule has 8 nitrogen and oxygen atoms in total. The monoisotopic (exact) mass is 578 g/mol. The van der Waals surface area contributed by atoms with Gasteiger partial charge in [-0.2, -0.15) is 0 Å². The van der Waals surface area contributed by atoms with Crippen molar-refractivity contribution in [2.45, 2.75) is 33.2 Å². The third-order valence-electron chi connectivity index (χ3n) is 6.52. The molecule has 2 aromatic carbocycles. The van der Waals surface area contributed by atoms with Gasteiger partial charge in [0, 0.05) is 0 Å². The molecule has 0 saturated heterocycles. The van der Waals surface area contributed by atoms with Crippen LogP contribution in [0.3, 0.4) is 0 Å². The number of nitrogens with zero attached hydrogens (tertiary/aromatic N) is 2. The van der Waals surface area contributed by atoms with Gasteiger partial charge in [0.2, 0.25) is 5.78 Å². The number of rotatable bonds is 11. The van der Waals surface area contributed by atoms with Crippen molar-refractivity contribution in [2.24, 2.45) is 5.92 Å². The van der Waals surface area contributed by atoms with E-state index in [4.69, 9.17) is 19.2 Å². The second kappa shape index (κ2) is 11.7. The van der Waals surface area contributed by atoms with Crippen molar-refractivity contribution in [3.63, 3.8) is 0 Å². The lowest BCUT2D eigenvalue weighted by atomic mass is 9.95. The second-order valence-electron chi connectivity index (χ2n) is 9.65. The number of thiazole rings is 1. The average Bonchev–Trinajstić information content (AvgIpc) is 3.67. The number of aromatic nitrogens is 1. The number of thiophene rings is 1. The van der Waals surface area contributed by atoms with Crippen LogP contribution >= 0.6 is 22.7 Å². The molecule has 2 aromatic heterocycles. The van der Waals surface area contributed by atoms with Crippen molar-refractivity contribution in [2.75, 3.05) is 25.2 Å². The predicted molar refractivity (Wildman–Crippen MR) is 157 cm³/mol. The maximum absolute atomic E-state index is 13.7. The molecule has 1 aliphatic rings. The van der Waals surface area contributed by atoms with Gasteiger partial charge in [-0.1, -0.05) is 37.3 Å². The molecule has 0 bridgehead atoms. The third-order valence-corrected chi connectivity index (χ3v) is 8.41. The molecule has 5 rings (SSSR count). The fourth-order valence-electron chi connectivity index (χ4n) is 4.52. The standard InChI is InChI=1S/C30H30N2O6S2/c1-5-37-19-9-10-20-24(16-19)40-30(31-20)32-26(25(28(34)29(32)35)27(33)23-7-6-14-39-23)18-8-11-21(22(15-18)36-4)38-13-12-17(2)3/h6-11,14-17,26,34H,5,12-13H2,1-4H3. The first-order chi connectivity index (χ1) is 19.3. The van der Waals surface area contributed by atoms with Crippen LogP contribution in [0.1, 0.15) is 48.5 Å². The number of hydrogen-bond donors (Lipinski definition) is 1. The van der Waals surface area contributed by atoms with Gasteiger partial charge in [-0.3, -0.25) is 14.5 Å². The molecule has 0 fully saturated rings. The van der Waals surface area contributed by atoms with Crippen molar-refractivity contribution in [1.82, 2.24) is 4.98 Å². The van der Waals surface area contributed by atoms with Crippen LogP contribution in [-0.2, 0) is 4.79 Å². The van der Waals surface area contributed by atoms with E-state index in [0.717, 1.165) is 11.1 Å². The number of anilines is 1. The average molecular weight is 579 g/mol. The van der Waals surface area contributed by atoms with Crippen LogP contribution in [0.25, 0.3) is 10.2 Å². The van der Waals surface area contributed by atoms with Gasteiger partial charge in [0.15, 0.2) is 22.4 Å². The Hall–Kier alpha value is -3.89. The summed E-state index contributed by atoms with van der Waals surface area (Å²) < 4.78 is 18.0. The molecule has 1 unspecified atom stereocenters. The minimum absolute atomic E-state index is 0.00255. The zero-order valence-corrected chi connectivity index (χ0v) is 24.3. The molecule has 1 amide bonds. The maximum atomic E-state index is 13.7. The first-order valence-electron chi connectivity index (χ1n) is 13.0. The Balaban J connectivity index is 1.60. The maximum Gasteiger partial charge on any atom is 0.296 e. The Morgan fingerprint density at radius 1 is 1.12 bits per heavy atom. The van der Waals surface area contributed by atoms with Gasteiger partial charge < -0.3 is 19.3 Å². The highest BCUT2D eigenvalue weighted by Crippen LogP contribution is 2.46. The quantitative estimate of drug-likeness (QED) is 0.192. The largest absolute Gasteiger partial charge is 0.503 e. The first kappa shape index (κ1) is 27.7. The lowest BCUT2D eigenvalue weighted by molar-refractivity contribution is -0.117. The van der Waals surface area contributed by atoms with Crippen LogP contribution in [0.2, 0.25) is 0 Å². The van der Waals surface area contributed by atoms with E-state index < -0.39 is 23.5 Å². The molecule has 208 valence electrons. The molecule has 0 spiro atoms. The van der Waals surface area contributed by atoms with Crippen molar-refractivity contribution >= 4 is 49.7 Å². The highest BCUT2D eigenvalue weighted by Gasteiger charge is 2.46. The summed E-state index contributed by atoms with van der Waals surface area (Å²) in [5.74, 6) is 0.519. The molecule has 0 aliphatic carbocycles. The van der Waals surface area contributed by atoms with Crippen LogP contribution < -0.4 is 19.1 Å².